The lowest BCUT2D eigenvalue weighted by Gasteiger charge is -2.30. The van der Waals surface area contributed by atoms with Crippen molar-refractivity contribution in [3.8, 4) is 0 Å². The molecule has 0 atom stereocenters. The van der Waals surface area contributed by atoms with Crippen molar-refractivity contribution in [2.24, 2.45) is 0 Å². The number of hydrogen-bond donors (Lipinski definition) is 1. The van der Waals surface area contributed by atoms with Crippen LogP contribution >= 0.6 is 0 Å². The standard InChI is InChI=1S/C9H16F4N2/c1-15-4-2-7(3-5-15)14-6-9(12,13)8(10)11/h7-8,14H,2-6H2,1H3. The molecule has 1 saturated heterocycles. The Morgan fingerprint density at radius 1 is 1.33 bits per heavy atom. The van der Waals surface area contributed by atoms with Crippen LogP contribution in [0.2, 0.25) is 0 Å². The van der Waals surface area contributed by atoms with Crippen LogP contribution in [0, 0.1) is 0 Å². The average molecular weight is 228 g/mol. The van der Waals surface area contributed by atoms with E-state index in [0.29, 0.717) is 0 Å². The van der Waals surface area contributed by atoms with Gasteiger partial charge in [-0.1, -0.05) is 0 Å². The number of halogens is 4. The quantitative estimate of drug-likeness (QED) is 0.735. The largest absolute Gasteiger partial charge is 0.319 e. The minimum atomic E-state index is -3.91. The fraction of sp³-hybridized carbons (Fsp3) is 1.00. The summed E-state index contributed by atoms with van der Waals surface area (Å²) in [5.41, 5.74) is 0. The van der Waals surface area contributed by atoms with Crippen LogP contribution in [0.1, 0.15) is 12.8 Å². The van der Waals surface area contributed by atoms with E-state index in [2.05, 4.69) is 10.2 Å². The van der Waals surface area contributed by atoms with E-state index in [-0.39, 0.29) is 6.04 Å². The first-order valence-corrected chi connectivity index (χ1v) is 5.00. The van der Waals surface area contributed by atoms with Gasteiger partial charge in [-0.15, -0.1) is 0 Å². The molecular weight excluding hydrogens is 212 g/mol. The molecule has 0 bridgehead atoms. The van der Waals surface area contributed by atoms with E-state index in [1.165, 1.54) is 0 Å². The normalized spacial score (nSPS) is 21.2. The summed E-state index contributed by atoms with van der Waals surface area (Å²) in [6.07, 6.45) is -2.12. The Morgan fingerprint density at radius 2 is 1.87 bits per heavy atom. The first kappa shape index (κ1) is 12.7. The summed E-state index contributed by atoms with van der Waals surface area (Å²) >= 11 is 0. The summed E-state index contributed by atoms with van der Waals surface area (Å²) in [7, 11) is 1.95. The van der Waals surface area contributed by atoms with Crippen LogP contribution in [0.25, 0.3) is 0 Å². The average Bonchev–Trinajstić information content (AvgIpc) is 2.17. The second kappa shape index (κ2) is 5.12. The van der Waals surface area contributed by atoms with Crippen molar-refractivity contribution in [1.82, 2.24) is 10.2 Å². The van der Waals surface area contributed by atoms with Crippen molar-refractivity contribution >= 4 is 0 Å². The number of likely N-dealkylation sites (tertiary alicyclic amines) is 1. The Kier molecular flexibility index (Phi) is 4.33. The minimum Gasteiger partial charge on any atom is -0.308 e. The maximum atomic E-state index is 12.6. The maximum absolute atomic E-state index is 12.6. The molecule has 0 spiro atoms. The van der Waals surface area contributed by atoms with E-state index < -0.39 is 18.9 Å². The van der Waals surface area contributed by atoms with Crippen LogP contribution in [-0.2, 0) is 0 Å². The Bertz CT molecular complexity index is 191. The zero-order chi connectivity index (χ0) is 11.5. The molecule has 0 unspecified atom stereocenters. The first-order chi connectivity index (χ1) is 6.92. The maximum Gasteiger partial charge on any atom is 0.319 e. The second-order valence-electron chi connectivity index (χ2n) is 4.02. The van der Waals surface area contributed by atoms with Gasteiger partial charge < -0.3 is 10.2 Å². The number of alkyl halides is 4. The summed E-state index contributed by atoms with van der Waals surface area (Å²) in [6, 6.07) is -0.0641. The van der Waals surface area contributed by atoms with Gasteiger partial charge in [-0.3, -0.25) is 0 Å². The number of nitrogens with zero attached hydrogens (tertiary/aromatic N) is 1. The SMILES string of the molecule is CN1CCC(NCC(F)(F)C(F)F)CC1. The monoisotopic (exact) mass is 228 g/mol. The van der Waals surface area contributed by atoms with Gasteiger partial charge in [0, 0.05) is 6.04 Å². The molecule has 6 heteroatoms. The summed E-state index contributed by atoms with van der Waals surface area (Å²) in [4.78, 5) is 2.09. The van der Waals surface area contributed by atoms with Gasteiger partial charge in [0.2, 0.25) is 0 Å². The van der Waals surface area contributed by atoms with Gasteiger partial charge in [-0.05, 0) is 33.0 Å². The summed E-state index contributed by atoms with van der Waals surface area (Å²) < 4.78 is 48.8. The van der Waals surface area contributed by atoms with Gasteiger partial charge in [-0.25, -0.2) is 8.78 Å². The van der Waals surface area contributed by atoms with Crippen molar-refractivity contribution in [1.29, 1.82) is 0 Å². The molecule has 1 heterocycles. The van der Waals surface area contributed by atoms with Gasteiger partial charge in [0.15, 0.2) is 0 Å². The van der Waals surface area contributed by atoms with E-state index in [1.54, 1.807) is 0 Å². The molecule has 0 aromatic carbocycles. The van der Waals surface area contributed by atoms with Gasteiger partial charge in [0.1, 0.15) is 0 Å². The molecule has 0 radical (unpaired) electrons. The molecule has 0 aromatic rings. The molecule has 0 saturated carbocycles. The van der Waals surface area contributed by atoms with E-state index in [9.17, 15) is 17.6 Å². The third-order valence-corrected chi connectivity index (χ3v) is 2.66. The predicted molar refractivity (Wildman–Crippen MR) is 49.5 cm³/mol. The molecule has 1 N–H and O–H groups in total. The second-order valence-corrected chi connectivity index (χ2v) is 4.02. The zero-order valence-corrected chi connectivity index (χ0v) is 8.65. The summed E-state index contributed by atoms with van der Waals surface area (Å²) in [6.45, 7) is 0.703. The van der Waals surface area contributed by atoms with E-state index >= 15 is 0 Å². The Morgan fingerprint density at radius 3 is 2.33 bits per heavy atom. The summed E-state index contributed by atoms with van der Waals surface area (Å²) in [5.74, 6) is -3.91. The molecule has 0 amide bonds. The molecule has 0 aliphatic carbocycles. The van der Waals surface area contributed by atoms with Crippen molar-refractivity contribution < 1.29 is 17.6 Å². The van der Waals surface area contributed by atoms with Gasteiger partial charge >= 0.3 is 12.3 Å². The Balaban J connectivity index is 2.25. The third-order valence-electron chi connectivity index (χ3n) is 2.66. The Labute approximate surface area is 86.6 Å². The lowest BCUT2D eigenvalue weighted by molar-refractivity contribution is -0.126. The zero-order valence-electron chi connectivity index (χ0n) is 8.65. The fourth-order valence-electron chi connectivity index (χ4n) is 1.57. The highest BCUT2D eigenvalue weighted by molar-refractivity contribution is 4.80. The molecule has 0 aromatic heterocycles. The van der Waals surface area contributed by atoms with Crippen LogP contribution in [0.15, 0.2) is 0 Å². The molecule has 1 fully saturated rings. The fourth-order valence-corrected chi connectivity index (χ4v) is 1.57. The molecule has 1 aliphatic heterocycles. The first-order valence-electron chi connectivity index (χ1n) is 5.00. The molecule has 1 aliphatic rings. The van der Waals surface area contributed by atoms with Crippen LogP contribution in [-0.4, -0.2) is 50.0 Å². The van der Waals surface area contributed by atoms with Gasteiger partial charge in [0.25, 0.3) is 0 Å². The minimum absolute atomic E-state index is 0.0641. The lowest BCUT2D eigenvalue weighted by Crippen LogP contribution is -2.47. The van der Waals surface area contributed by atoms with Crippen molar-refractivity contribution in [3.63, 3.8) is 0 Å². The van der Waals surface area contributed by atoms with Crippen molar-refractivity contribution in [2.45, 2.75) is 31.2 Å². The summed E-state index contributed by atoms with van der Waals surface area (Å²) in [5, 5.41) is 2.51. The van der Waals surface area contributed by atoms with Gasteiger partial charge in [-0.2, -0.15) is 8.78 Å². The lowest BCUT2D eigenvalue weighted by atomic mass is 10.1. The van der Waals surface area contributed by atoms with Gasteiger partial charge in [0.05, 0.1) is 6.54 Å². The molecule has 15 heavy (non-hydrogen) atoms. The highest BCUT2D eigenvalue weighted by atomic mass is 19.3. The van der Waals surface area contributed by atoms with Crippen LogP contribution in [0.5, 0.6) is 0 Å². The van der Waals surface area contributed by atoms with Crippen molar-refractivity contribution in [3.05, 3.63) is 0 Å². The molecule has 90 valence electrons. The van der Waals surface area contributed by atoms with E-state index in [0.717, 1.165) is 25.9 Å². The van der Waals surface area contributed by atoms with E-state index in [1.807, 2.05) is 7.05 Å². The number of piperidine rings is 1. The van der Waals surface area contributed by atoms with Crippen LogP contribution in [0.4, 0.5) is 17.6 Å². The topological polar surface area (TPSA) is 15.3 Å². The van der Waals surface area contributed by atoms with Crippen LogP contribution < -0.4 is 5.32 Å². The Hall–Kier alpha value is -0.360. The predicted octanol–water partition coefficient (Wildman–Crippen LogP) is 1.57. The molecule has 2 nitrogen and oxygen atoms in total. The number of rotatable bonds is 4. The highest BCUT2D eigenvalue weighted by Gasteiger charge is 2.40. The highest BCUT2D eigenvalue weighted by Crippen LogP contribution is 2.22. The number of hydrogen-bond acceptors (Lipinski definition) is 2. The van der Waals surface area contributed by atoms with Crippen LogP contribution in [0.3, 0.4) is 0 Å². The molecule has 1 rings (SSSR count). The molecular formula is C9H16F4N2. The third kappa shape index (κ3) is 3.95. The number of nitrogens with one attached hydrogen (secondary N) is 1. The van der Waals surface area contributed by atoms with Crippen molar-refractivity contribution in [2.75, 3.05) is 26.7 Å². The van der Waals surface area contributed by atoms with E-state index in [4.69, 9.17) is 0 Å². The smallest absolute Gasteiger partial charge is 0.308 e.